The number of benzene rings is 1. The summed E-state index contributed by atoms with van der Waals surface area (Å²) in [7, 11) is -1.08. The van der Waals surface area contributed by atoms with Crippen LogP contribution in [-0.2, 0) is 9.84 Å². The molecule has 18 heavy (non-hydrogen) atoms. The van der Waals surface area contributed by atoms with E-state index in [2.05, 4.69) is 0 Å². The van der Waals surface area contributed by atoms with Gasteiger partial charge < -0.3 is 10.0 Å². The molecule has 0 amide bonds. The predicted octanol–water partition coefficient (Wildman–Crippen LogP) is 1.61. The molecule has 0 fully saturated rings. The Bertz CT molecular complexity index is 468. The van der Waals surface area contributed by atoms with Gasteiger partial charge in [-0.25, -0.2) is 8.42 Å². The molecule has 4 nitrogen and oxygen atoms in total. The van der Waals surface area contributed by atoms with Crippen LogP contribution in [-0.4, -0.2) is 39.1 Å². The lowest BCUT2D eigenvalue weighted by Gasteiger charge is -2.19. The van der Waals surface area contributed by atoms with E-state index in [9.17, 15) is 13.5 Å². The fourth-order valence-corrected chi connectivity index (χ4v) is 2.22. The van der Waals surface area contributed by atoms with Crippen molar-refractivity contribution in [2.75, 3.05) is 30.5 Å². The molecule has 0 bridgehead atoms. The van der Waals surface area contributed by atoms with Gasteiger partial charge in [-0.15, -0.1) is 0 Å². The van der Waals surface area contributed by atoms with E-state index in [4.69, 9.17) is 0 Å². The molecule has 0 heterocycles. The molecule has 102 valence electrons. The molecule has 1 rings (SSSR count). The van der Waals surface area contributed by atoms with Crippen LogP contribution in [0.15, 0.2) is 24.3 Å². The van der Waals surface area contributed by atoms with Gasteiger partial charge in [0.15, 0.2) is 0 Å². The van der Waals surface area contributed by atoms with Crippen LogP contribution in [0.2, 0.25) is 0 Å². The third kappa shape index (κ3) is 4.66. The molecular formula is C13H21NO3S. The predicted molar refractivity (Wildman–Crippen MR) is 74.7 cm³/mol. The summed E-state index contributed by atoms with van der Waals surface area (Å²) < 4.78 is 22.2. The molecule has 0 spiro atoms. The van der Waals surface area contributed by atoms with Crippen LogP contribution >= 0.6 is 0 Å². The summed E-state index contributed by atoms with van der Waals surface area (Å²) in [6.07, 6.45) is 1.49. The van der Waals surface area contributed by atoms with Gasteiger partial charge in [-0.3, -0.25) is 0 Å². The molecule has 5 heteroatoms. The van der Waals surface area contributed by atoms with Crippen LogP contribution in [0.1, 0.15) is 25.0 Å². The molecular weight excluding hydrogens is 250 g/mol. The Morgan fingerprint density at radius 3 is 2.28 bits per heavy atom. The number of anilines is 1. The van der Waals surface area contributed by atoms with Crippen molar-refractivity contribution in [2.45, 2.75) is 19.4 Å². The first-order valence-corrected chi connectivity index (χ1v) is 8.06. The Labute approximate surface area is 109 Å². The van der Waals surface area contributed by atoms with E-state index in [1.54, 1.807) is 0 Å². The lowest BCUT2D eigenvalue weighted by Crippen LogP contribution is -2.24. The number of aliphatic hydroxyl groups is 1. The minimum atomic E-state index is -2.93. The van der Waals surface area contributed by atoms with Crippen molar-refractivity contribution in [3.63, 3.8) is 0 Å². The molecule has 0 unspecified atom stereocenters. The molecule has 0 radical (unpaired) electrons. The third-order valence-corrected chi connectivity index (χ3v) is 3.83. The van der Waals surface area contributed by atoms with Crippen LogP contribution in [0, 0.1) is 0 Å². The highest BCUT2D eigenvalue weighted by molar-refractivity contribution is 7.90. The van der Waals surface area contributed by atoms with E-state index >= 15 is 0 Å². The SMILES string of the molecule is CC[C@@H](O)c1ccc(N(C)CCS(C)(=O)=O)cc1. The summed E-state index contributed by atoms with van der Waals surface area (Å²) in [4.78, 5) is 1.89. The van der Waals surface area contributed by atoms with Crippen LogP contribution in [0.3, 0.4) is 0 Å². The Kier molecular flexibility index (Phi) is 5.16. The second-order valence-electron chi connectivity index (χ2n) is 4.57. The van der Waals surface area contributed by atoms with Crippen molar-refractivity contribution in [3.8, 4) is 0 Å². The average Bonchev–Trinajstić information content (AvgIpc) is 2.34. The molecule has 0 aromatic heterocycles. The van der Waals surface area contributed by atoms with Crippen LogP contribution in [0.4, 0.5) is 5.69 Å². The van der Waals surface area contributed by atoms with E-state index in [1.807, 2.05) is 43.1 Å². The first kappa shape index (κ1) is 15.0. The van der Waals surface area contributed by atoms with Crippen molar-refractivity contribution >= 4 is 15.5 Å². The third-order valence-electron chi connectivity index (χ3n) is 2.90. The maximum atomic E-state index is 11.1. The first-order chi connectivity index (χ1) is 8.33. The highest BCUT2D eigenvalue weighted by Gasteiger charge is 2.08. The fourth-order valence-electron chi connectivity index (χ4n) is 1.62. The van der Waals surface area contributed by atoms with Crippen molar-refractivity contribution < 1.29 is 13.5 Å². The van der Waals surface area contributed by atoms with Gasteiger partial charge in [0.2, 0.25) is 0 Å². The van der Waals surface area contributed by atoms with Crippen molar-refractivity contribution in [3.05, 3.63) is 29.8 Å². The summed E-state index contributed by atoms with van der Waals surface area (Å²) in [6, 6.07) is 7.55. The Morgan fingerprint density at radius 2 is 1.83 bits per heavy atom. The van der Waals surface area contributed by atoms with Gasteiger partial charge in [-0.2, -0.15) is 0 Å². The lowest BCUT2D eigenvalue weighted by molar-refractivity contribution is 0.173. The van der Waals surface area contributed by atoms with Crippen LogP contribution in [0.5, 0.6) is 0 Å². The Morgan fingerprint density at radius 1 is 1.28 bits per heavy atom. The number of sulfone groups is 1. The molecule has 1 atom stereocenters. The monoisotopic (exact) mass is 271 g/mol. The summed E-state index contributed by atoms with van der Waals surface area (Å²) in [5, 5.41) is 9.68. The fraction of sp³-hybridized carbons (Fsp3) is 0.538. The number of aliphatic hydroxyl groups excluding tert-OH is 1. The molecule has 1 N–H and O–H groups in total. The molecule has 0 saturated heterocycles. The van der Waals surface area contributed by atoms with Gasteiger partial charge in [0.1, 0.15) is 9.84 Å². The molecule has 0 aliphatic heterocycles. The Hall–Kier alpha value is -1.07. The second-order valence-corrected chi connectivity index (χ2v) is 6.83. The van der Waals surface area contributed by atoms with E-state index < -0.39 is 15.9 Å². The van der Waals surface area contributed by atoms with E-state index in [1.165, 1.54) is 6.26 Å². The molecule has 0 aliphatic rings. The summed E-state index contributed by atoms with van der Waals surface area (Å²) in [5.74, 6) is 0.142. The number of hydrogen-bond acceptors (Lipinski definition) is 4. The van der Waals surface area contributed by atoms with Crippen molar-refractivity contribution in [2.24, 2.45) is 0 Å². The molecule has 0 saturated carbocycles. The van der Waals surface area contributed by atoms with Gasteiger partial charge in [0, 0.05) is 25.5 Å². The van der Waals surface area contributed by atoms with E-state index in [0.717, 1.165) is 11.3 Å². The number of nitrogens with zero attached hydrogens (tertiary/aromatic N) is 1. The number of rotatable bonds is 6. The first-order valence-electron chi connectivity index (χ1n) is 6.00. The Balaban J connectivity index is 2.67. The van der Waals surface area contributed by atoms with Crippen LogP contribution in [0.25, 0.3) is 0 Å². The molecule has 0 aliphatic carbocycles. The quantitative estimate of drug-likeness (QED) is 0.854. The van der Waals surface area contributed by atoms with Crippen molar-refractivity contribution in [1.82, 2.24) is 0 Å². The summed E-state index contributed by atoms with van der Waals surface area (Å²) in [5.41, 5.74) is 1.84. The maximum absolute atomic E-state index is 11.1. The maximum Gasteiger partial charge on any atom is 0.149 e. The normalized spacial score (nSPS) is 13.3. The zero-order valence-corrected chi connectivity index (χ0v) is 11.9. The topological polar surface area (TPSA) is 57.6 Å². The largest absolute Gasteiger partial charge is 0.388 e. The van der Waals surface area contributed by atoms with Gasteiger partial charge in [-0.1, -0.05) is 19.1 Å². The molecule has 1 aromatic carbocycles. The summed E-state index contributed by atoms with van der Waals surface area (Å²) >= 11 is 0. The highest BCUT2D eigenvalue weighted by atomic mass is 32.2. The summed E-state index contributed by atoms with van der Waals surface area (Å²) in [6.45, 7) is 2.39. The second kappa shape index (κ2) is 6.20. The van der Waals surface area contributed by atoms with Gasteiger partial charge >= 0.3 is 0 Å². The van der Waals surface area contributed by atoms with Crippen LogP contribution < -0.4 is 4.90 Å². The lowest BCUT2D eigenvalue weighted by atomic mass is 10.1. The average molecular weight is 271 g/mol. The highest BCUT2D eigenvalue weighted by Crippen LogP contribution is 2.20. The van der Waals surface area contributed by atoms with Gasteiger partial charge in [0.25, 0.3) is 0 Å². The van der Waals surface area contributed by atoms with E-state index in [0.29, 0.717) is 13.0 Å². The zero-order chi connectivity index (χ0) is 13.8. The van der Waals surface area contributed by atoms with Crippen molar-refractivity contribution in [1.29, 1.82) is 0 Å². The number of hydrogen-bond donors (Lipinski definition) is 1. The molecule has 1 aromatic rings. The minimum absolute atomic E-state index is 0.142. The zero-order valence-electron chi connectivity index (χ0n) is 11.1. The standard InChI is InChI=1S/C13H21NO3S/c1-4-13(15)11-5-7-12(8-6-11)14(2)9-10-18(3,16)17/h5-8,13,15H,4,9-10H2,1-3H3/t13-/m1/s1. The van der Waals surface area contributed by atoms with Gasteiger partial charge in [-0.05, 0) is 24.1 Å². The van der Waals surface area contributed by atoms with E-state index in [-0.39, 0.29) is 5.75 Å². The smallest absolute Gasteiger partial charge is 0.149 e. The minimum Gasteiger partial charge on any atom is -0.388 e. The van der Waals surface area contributed by atoms with Gasteiger partial charge in [0.05, 0.1) is 11.9 Å².